The van der Waals surface area contributed by atoms with Crippen molar-refractivity contribution >= 4 is 0 Å². The van der Waals surface area contributed by atoms with Gasteiger partial charge in [0.05, 0.1) is 7.11 Å². The molecule has 3 heteroatoms. The Morgan fingerprint density at radius 2 is 1.94 bits per heavy atom. The predicted molar refractivity (Wildman–Crippen MR) is 77.0 cm³/mol. The Morgan fingerprint density at radius 3 is 2.39 bits per heavy atom. The highest BCUT2D eigenvalue weighted by atomic mass is 16.5. The first kappa shape index (κ1) is 15.0. The third kappa shape index (κ3) is 4.00. The number of nitrogens with zero attached hydrogens (tertiary/aromatic N) is 1. The lowest BCUT2D eigenvalue weighted by molar-refractivity contribution is 0.274. The second kappa shape index (κ2) is 6.76. The van der Waals surface area contributed by atoms with Gasteiger partial charge in [-0.15, -0.1) is 0 Å². The maximum absolute atomic E-state index is 5.86. The minimum atomic E-state index is 0.256. The maximum atomic E-state index is 5.86. The highest BCUT2D eigenvalue weighted by molar-refractivity contribution is 5.37. The molecule has 0 aliphatic rings. The molecular formula is C15H26N2O. The number of hydrogen-bond donors (Lipinski definition) is 1. The predicted octanol–water partition coefficient (Wildman–Crippen LogP) is 2.73. The SMILES string of the molecule is COc1ccc(C(CCC(C)N)N(C)C)cc1C. The minimum Gasteiger partial charge on any atom is -0.496 e. The van der Waals surface area contributed by atoms with Crippen LogP contribution in [0.2, 0.25) is 0 Å². The molecule has 2 N–H and O–H groups in total. The Balaban J connectivity index is 2.88. The second-order valence-corrected chi connectivity index (χ2v) is 5.26. The molecule has 0 fully saturated rings. The summed E-state index contributed by atoms with van der Waals surface area (Å²) in [6, 6.07) is 7.09. The Bertz CT molecular complexity index is 375. The smallest absolute Gasteiger partial charge is 0.121 e. The van der Waals surface area contributed by atoms with E-state index in [0.29, 0.717) is 6.04 Å². The summed E-state index contributed by atoms with van der Waals surface area (Å²) >= 11 is 0. The highest BCUT2D eigenvalue weighted by Gasteiger charge is 2.15. The van der Waals surface area contributed by atoms with Gasteiger partial charge in [0.2, 0.25) is 0 Å². The van der Waals surface area contributed by atoms with Gasteiger partial charge in [-0.3, -0.25) is 0 Å². The summed E-state index contributed by atoms with van der Waals surface area (Å²) in [5, 5.41) is 0. The standard InChI is InChI=1S/C15H26N2O/c1-11-10-13(7-9-15(11)18-5)14(17(3)4)8-6-12(2)16/h7,9-10,12,14H,6,8,16H2,1-5H3. The van der Waals surface area contributed by atoms with Crippen LogP contribution in [0.1, 0.15) is 36.9 Å². The summed E-state index contributed by atoms with van der Waals surface area (Å²) in [5.74, 6) is 0.948. The average molecular weight is 250 g/mol. The molecule has 1 aromatic carbocycles. The summed E-state index contributed by atoms with van der Waals surface area (Å²) in [7, 11) is 5.94. The molecule has 0 saturated heterocycles. The summed E-state index contributed by atoms with van der Waals surface area (Å²) in [4.78, 5) is 2.25. The van der Waals surface area contributed by atoms with Gasteiger partial charge in [-0.1, -0.05) is 12.1 Å². The van der Waals surface area contributed by atoms with Crippen LogP contribution < -0.4 is 10.5 Å². The molecule has 0 aromatic heterocycles. The lowest BCUT2D eigenvalue weighted by Gasteiger charge is -2.26. The van der Waals surface area contributed by atoms with Crippen LogP contribution in [-0.2, 0) is 0 Å². The van der Waals surface area contributed by atoms with Crippen molar-refractivity contribution in [2.75, 3.05) is 21.2 Å². The number of methoxy groups -OCH3 is 1. The normalized spacial score (nSPS) is 14.6. The number of hydrogen-bond acceptors (Lipinski definition) is 3. The fourth-order valence-electron chi connectivity index (χ4n) is 2.25. The zero-order valence-corrected chi connectivity index (χ0v) is 12.2. The maximum Gasteiger partial charge on any atom is 0.121 e. The topological polar surface area (TPSA) is 38.5 Å². The van der Waals surface area contributed by atoms with Crippen LogP contribution in [0.5, 0.6) is 5.75 Å². The number of benzene rings is 1. The zero-order valence-electron chi connectivity index (χ0n) is 12.2. The van der Waals surface area contributed by atoms with Crippen LogP contribution in [0.4, 0.5) is 0 Å². The van der Waals surface area contributed by atoms with Gasteiger partial charge in [-0.2, -0.15) is 0 Å². The first-order valence-electron chi connectivity index (χ1n) is 6.52. The van der Waals surface area contributed by atoms with E-state index in [1.165, 1.54) is 11.1 Å². The fourth-order valence-corrected chi connectivity index (χ4v) is 2.25. The van der Waals surface area contributed by atoms with Gasteiger partial charge in [0, 0.05) is 12.1 Å². The Morgan fingerprint density at radius 1 is 1.28 bits per heavy atom. The van der Waals surface area contributed by atoms with E-state index in [1.807, 2.05) is 6.07 Å². The average Bonchev–Trinajstić information content (AvgIpc) is 2.28. The van der Waals surface area contributed by atoms with E-state index in [9.17, 15) is 0 Å². The molecule has 0 radical (unpaired) electrons. The third-order valence-electron chi connectivity index (χ3n) is 3.32. The molecule has 0 saturated carbocycles. The number of rotatable bonds is 6. The molecule has 18 heavy (non-hydrogen) atoms. The van der Waals surface area contributed by atoms with E-state index < -0.39 is 0 Å². The first-order chi connectivity index (χ1) is 8.45. The highest BCUT2D eigenvalue weighted by Crippen LogP contribution is 2.28. The molecular weight excluding hydrogens is 224 g/mol. The Kier molecular flexibility index (Phi) is 5.63. The summed E-state index contributed by atoms with van der Waals surface area (Å²) in [6.07, 6.45) is 2.12. The van der Waals surface area contributed by atoms with Crippen molar-refractivity contribution in [3.8, 4) is 5.75 Å². The zero-order chi connectivity index (χ0) is 13.7. The van der Waals surface area contributed by atoms with Crippen LogP contribution >= 0.6 is 0 Å². The Hall–Kier alpha value is -1.06. The molecule has 0 heterocycles. The van der Waals surface area contributed by atoms with Gasteiger partial charge >= 0.3 is 0 Å². The van der Waals surface area contributed by atoms with Crippen LogP contribution in [0, 0.1) is 6.92 Å². The van der Waals surface area contributed by atoms with Crippen LogP contribution in [0.25, 0.3) is 0 Å². The molecule has 3 nitrogen and oxygen atoms in total. The molecule has 102 valence electrons. The lowest BCUT2D eigenvalue weighted by atomic mass is 9.97. The van der Waals surface area contributed by atoms with Crippen molar-refractivity contribution < 1.29 is 4.74 Å². The second-order valence-electron chi connectivity index (χ2n) is 5.26. The van der Waals surface area contributed by atoms with Crippen molar-refractivity contribution in [3.63, 3.8) is 0 Å². The van der Waals surface area contributed by atoms with Gasteiger partial charge in [0.1, 0.15) is 5.75 Å². The number of aryl methyl sites for hydroxylation is 1. The third-order valence-corrected chi connectivity index (χ3v) is 3.32. The molecule has 1 rings (SSSR count). The van der Waals surface area contributed by atoms with Crippen molar-refractivity contribution in [1.82, 2.24) is 4.90 Å². The van der Waals surface area contributed by atoms with Gasteiger partial charge in [-0.25, -0.2) is 0 Å². The molecule has 0 bridgehead atoms. The molecule has 0 aliphatic carbocycles. The van der Waals surface area contributed by atoms with Gasteiger partial charge in [-0.05, 0) is 58.0 Å². The van der Waals surface area contributed by atoms with E-state index in [2.05, 4.69) is 45.0 Å². The number of ether oxygens (including phenoxy) is 1. The van der Waals surface area contributed by atoms with E-state index in [-0.39, 0.29) is 6.04 Å². The Labute approximate surface area is 111 Å². The van der Waals surface area contributed by atoms with Crippen LogP contribution in [0.15, 0.2) is 18.2 Å². The largest absolute Gasteiger partial charge is 0.496 e. The molecule has 0 spiro atoms. The van der Waals surface area contributed by atoms with E-state index in [1.54, 1.807) is 7.11 Å². The first-order valence-corrected chi connectivity index (χ1v) is 6.52. The van der Waals surface area contributed by atoms with Crippen molar-refractivity contribution in [1.29, 1.82) is 0 Å². The summed E-state index contributed by atoms with van der Waals surface area (Å²) < 4.78 is 5.30. The molecule has 2 unspecified atom stereocenters. The lowest BCUT2D eigenvalue weighted by Crippen LogP contribution is -2.23. The minimum absolute atomic E-state index is 0.256. The molecule has 0 amide bonds. The quantitative estimate of drug-likeness (QED) is 0.843. The van der Waals surface area contributed by atoms with Crippen molar-refractivity contribution in [2.24, 2.45) is 5.73 Å². The monoisotopic (exact) mass is 250 g/mol. The number of nitrogens with two attached hydrogens (primary N) is 1. The van der Waals surface area contributed by atoms with Crippen molar-refractivity contribution in [3.05, 3.63) is 29.3 Å². The summed E-state index contributed by atoms with van der Waals surface area (Å²) in [5.41, 5.74) is 8.37. The van der Waals surface area contributed by atoms with Gasteiger partial charge in [0.25, 0.3) is 0 Å². The van der Waals surface area contributed by atoms with Gasteiger partial charge in [0.15, 0.2) is 0 Å². The van der Waals surface area contributed by atoms with E-state index in [0.717, 1.165) is 18.6 Å². The van der Waals surface area contributed by atoms with Crippen LogP contribution in [-0.4, -0.2) is 32.1 Å². The molecule has 1 aromatic rings. The van der Waals surface area contributed by atoms with Crippen molar-refractivity contribution in [2.45, 2.75) is 38.8 Å². The van der Waals surface area contributed by atoms with Crippen LogP contribution in [0.3, 0.4) is 0 Å². The molecule has 0 aliphatic heterocycles. The summed E-state index contributed by atoms with van der Waals surface area (Å²) in [6.45, 7) is 4.15. The fraction of sp³-hybridized carbons (Fsp3) is 0.600. The van der Waals surface area contributed by atoms with E-state index >= 15 is 0 Å². The molecule has 2 atom stereocenters. The van der Waals surface area contributed by atoms with Gasteiger partial charge < -0.3 is 15.4 Å². The van der Waals surface area contributed by atoms with E-state index in [4.69, 9.17) is 10.5 Å².